The molecule has 29 heavy (non-hydrogen) atoms. The molecule has 1 aliphatic rings. The first-order chi connectivity index (χ1) is 13.9. The molecule has 3 rings (SSSR count). The van der Waals surface area contributed by atoms with Crippen molar-refractivity contribution in [2.75, 3.05) is 19.8 Å². The molecular weight excluding hydrogens is 377 g/mol. The first-order valence-electron chi connectivity index (χ1n) is 9.13. The van der Waals surface area contributed by atoms with Crippen LogP contribution < -0.4 is 10.5 Å². The van der Waals surface area contributed by atoms with Crippen LogP contribution in [0.5, 0.6) is 5.88 Å². The third kappa shape index (κ3) is 4.74. The number of nitrogens with zero attached hydrogens (tertiary/aromatic N) is 4. The van der Waals surface area contributed by atoms with Gasteiger partial charge in [-0.15, -0.1) is 10.2 Å². The van der Waals surface area contributed by atoms with E-state index in [2.05, 4.69) is 15.2 Å². The Balaban J connectivity index is 1.74. The van der Waals surface area contributed by atoms with E-state index in [0.717, 1.165) is 11.3 Å². The van der Waals surface area contributed by atoms with Gasteiger partial charge in [0, 0.05) is 30.1 Å². The molecule has 0 fully saturated rings. The van der Waals surface area contributed by atoms with Crippen molar-refractivity contribution >= 4 is 17.4 Å². The Bertz CT molecular complexity index is 959. The number of halogens is 1. The second kappa shape index (κ2) is 8.76. The fourth-order valence-corrected chi connectivity index (χ4v) is 2.98. The summed E-state index contributed by atoms with van der Waals surface area (Å²) < 4.78 is 18.2. The molecule has 1 amide bonds. The third-order valence-electron chi connectivity index (χ3n) is 4.73. The number of ketones is 1. The fourth-order valence-electron chi connectivity index (χ4n) is 2.98. The van der Waals surface area contributed by atoms with E-state index < -0.39 is 12.6 Å². The predicted octanol–water partition coefficient (Wildman–Crippen LogP) is 1.37. The van der Waals surface area contributed by atoms with E-state index in [4.69, 9.17) is 10.5 Å². The van der Waals surface area contributed by atoms with Crippen LogP contribution in [0, 0.1) is 6.92 Å². The lowest BCUT2D eigenvalue weighted by atomic mass is 10.1. The lowest BCUT2D eigenvalue weighted by Gasteiger charge is -2.27. The van der Waals surface area contributed by atoms with Crippen molar-refractivity contribution in [2.45, 2.75) is 26.8 Å². The van der Waals surface area contributed by atoms with E-state index in [9.17, 15) is 14.0 Å². The number of carbonyl (C=O) groups is 2. The summed E-state index contributed by atoms with van der Waals surface area (Å²) in [6.07, 6.45) is 2.14. The largest absolute Gasteiger partial charge is 0.471 e. The number of hydrogen-bond acceptors (Lipinski definition) is 7. The van der Waals surface area contributed by atoms with Gasteiger partial charge < -0.3 is 15.4 Å². The molecule has 0 saturated heterocycles. The third-order valence-corrected chi connectivity index (χ3v) is 4.73. The number of Topliss-reactive ketones (excluding diaryl/α,β-unsaturated/α-hetero) is 1. The van der Waals surface area contributed by atoms with Crippen molar-refractivity contribution in [3.63, 3.8) is 0 Å². The smallest absolute Gasteiger partial charge is 0.254 e. The Morgan fingerprint density at radius 3 is 2.76 bits per heavy atom. The van der Waals surface area contributed by atoms with E-state index in [1.165, 1.54) is 11.8 Å². The molecular formula is C20H22FN5O3. The maximum Gasteiger partial charge on any atom is 0.254 e. The average Bonchev–Trinajstić information content (AvgIpc) is 2.73. The van der Waals surface area contributed by atoms with Crippen LogP contribution in [0.15, 0.2) is 30.0 Å². The van der Waals surface area contributed by atoms with E-state index >= 15 is 0 Å². The molecule has 0 unspecified atom stereocenters. The van der Waals surface area contributed by atoms with Crippen molar-refractivity contribution in [2.24, 2.45) is 5.73 Å². The van der Waals surface area contributed by atoms with Gasteiger partial charge in [0.15, 0.2) is 12.5 Å². The average molecular weight is 399 g/mol. The van der Waals surface area contributed by atoms with Crippen LogP contribution in [0.25, 0.3) is 5.70 Å². The van der Waals surface area contributed by atoms with Gasteiger partial charge in [-0.05, 0) is 38.0 Å². The summed E-state index contributed by atoms with van der Waals surface area (Å²) in [5.74, 6) is -0.521. The Labute approximate surface area is 167 Å². The number of hydrogen-bond donors (Lipinski definition) is 1. The molecule has 2 aromatic rings. The van der Waals surface area contributed by atoms with Crippen LogP contribution in [-0.2, 0) is 22.6 Å². The highest BCUT2D eigenvalue weighted by atomic mass is 19.1. The van der Waals surface area contributed by atoms with Crippen LogP contribution >= 0.6 is 0 Å². The molecule has 0 radical (unpaired) electrons. The molecule has 0 atom stereocenters. The van der Waals surface area contributed by atoms with Crippen molar-refractivity contribution in [1.29, 1.82) is 0 Å². The minimum atomic E-state index is -1.03. The molecule has 8 nitrogen and oxygen atoms in total. The van der Waals surface area contributed by atoms with Crippen LogP contribution in [-0.4, -0.2) is 51.6 Å². The fraction of sp³-hybridized carbons (Fsp3) is 0.350. The van der Waals surface area contributed by atoms with Crippen molar-refractivity contribution in [3.05, 3.63) is 52.5 Å². The molecule has 9 heteroatoms. The van der Waals surface area contributed by atoms with Crippen LogP contribution in [0.3, 0.4) is 0 Å². The van der Waals surface area contributed by atoms with Crippen molar-refractivity contribution in [3.8, 4) is 5.88 Å². The number of pyridine rings is 1. The monoisotopic (exact) mass is 399 g/mol. The minimum absolute atomic E-state index is 0.0605. The first-order valence-corrected chi connectivity index (χ1v) is 9.13. The van der Waals surface area contributed by atoms with Crippen molar-refractivity contribution in [1.82, 2.24) is 20.1 Å². The molecule has 2 N–H and O–H groups in total. The highest BCUT2D eigenvalue weighted by Crippen LogP contribution is 2.21. The molecule has 0 aromatic carbocycles. The van der Waals surface area contributed by atoms with Gasteiger partial charge in [0.25, 0.3) is 5.91 Å². The summed E-state index contributed by atoms with van der Waals surface area (Å²) >= 11 is 0. The second-order valence-corrected chi connectivity index (χ2v) is 6.78. The summed E-state index contributed by atoms with van der Waals surface area (Å²) in [4.78, 5) is 29.2. The quantitative estimate of drug-likeness (QED) is 0.730. The molecule has 0 saturated carbocycles. The maximum absolute atomic E-state index is 12.6. The predicted molar refractivity (Wildman–Crippen MR) is 103 cm³/mol. The van der Waals surface area contributed by atoms with Gasteiger partial charge in [0.1, 0.15) is 6.61 Å². The number of aryl methyl sites for hydroxylation is 1. The number of aromatic nitrogens is 3. The number of fused-ring (bicyclic) bond motifs is 1. The first kappa shape index (κ1) is 20.4. The minimum Gasteiger partial charge on any atom is -0.471 e. The SMILES string of the molecule is CC(=O)/C(COc1cc2c(nn1)CN(C(=O)CF)CC2)=C(\N)c1ccc(C)nc1. The summed E-state index contributed by atoms with van der Waals surface area (Å²) in [5.41, 5.74) is 9.74. The molecule has 1 aliphatic heterocycles. The number of amides is 1. The Hall–Kier alpha value is -3.36. The second-order valence-electron chi connectivity index (χ2n) is 6.78. The number of rotatable bonds is 6. The summed E-state index contributed by atoms with van der Waals surface area (Å²) in [5, 5.41) is 8.08. The van der Waals surface area contributed by atoms with E-state index in [-0.39, 0.29) is 24.8 Å². The van der Waals surface area contributed by atoms with Gasteiger partial charge in [-0.1, -0.05) is 0 Å². The number of nitrogens with two attached hydrogens (primary N) is 1. The summed E-state index contributed by atoms with van der Waals surface area (Å²) in [6.45, 7) is 2.82. The zero-order chi connectivity index (χ0) is 21.0. The van der Waals surface area contributed by atoms with E-state index in [1.807, 2.05) is 13.0 Å². The summed E-state index contributed by atoms with van der Waals surface area (Å²) in [6, 6.07) is 5.33. The van der Waals surface area contributed by atoms with E-state index in [1.54, 1.807) is 18.3 Å². The van der Waals surface area contributed by atoms with Gasteiger partial charge in [-0.3, -0.25) is 14.6 Å². The van der Waals surface area contributed by atoms with Gasteiger partial charge in [-0.2, -0.15) is 0 Å². The zero-order valence-electron chi connectivity index (χ0n) is 16.3. The Morgan fingerprint density at radius 2 is 2.10 bits per heavy atom. The molecule has 152 valence electrons. The Kier molecular flexibility index (Phi) is 6.16. The number of carbonyl (C=O) groups excluding carboxylic acids is 2. The molecule has 0 spiro atoms. The molecule has 0 bridgehead atoms. The summed E-state index contributed by atoms with van der Waals surface area (Å²) in [7, 11) is 0. The van der Waals surface area contributed by atoms with E-state index in [0.29, 0.717) is 35.5 Å². The lowest BCUT2D eigenvalue weighted by molar-refractivity contribution is -0.133. The Morgan fingerprint density at radius 1 is 1.31 bits per heavy atom. The van der Waals surface area contributed by atoms with Gasteiger partial charge in [0.05, 0.1) is 23.5 Å². The lowest BCUT2D eigenvalue weighted by Crippen LogP contribution is -2.37. The van der Waals surface area contributed by atoms with Gasteiger partial charge in [0.2, 0.25) is 5.88 Å². The maximum atomic E-state index is 12.6. The van der Waals surface area contributed by atoms with Crippen LogP contribution in [0.1, 0.15) is 29.4 Å². The normalized spacial score (nSPS) is 14.1. The van der Waals surface area contributed by atoms with Crippen molar-refractivity contribution < 1.29 is 18.7 Å². The van der Waals surface area contributed by atoms with Crippen LogP contribution in [0.2, 0.25) is 0 Å². The molecule has 0 aliphatic carbocycles. The van der Waals surface area contributed by atoms with Gasteiger partial charge in [-0.25, -0.2) is 4.39 Å². The molecule has 2 aromatic heterocycles. The highest BCUT2D eigenvalue weighted by molar-refractivity contribution is 6.00. The standard InChI is InChI=1S/C20H22FN5O3/c1-12-3-4-15(9-23-12)20(22)16(13(2)27)11-29-18-7-14-5-6-26(19(28)8-21)10-17(14)24-25-18/h3-4,7,9H,5-6,8,10-11,22H2,1-2H3/b20-16-. The van der Waals surface area contributed by atoms with Gasteiger partial charge >= 0.3 is 0 Å². The van der Waals surface area contributed by atoms with Crippen LogP contribution in [0.4, 0.5) is 4.39 Å². The number of ether oxygens (including phenoxy) is 1. The highest BCUT2D eigenvalue weighted by Gasteiger charge is 2.23. The molecule has 3 heterocycles. The topological polar surface area (TPSA) is 111 Å². The zero-order valence-corrected chi connectivity index (χ0v) is 16.3. The number of alkyl halides is 1.